The van der Waals surface area contributed by atoms with Crippen LogP contribution in [0.4, 0.5) is 0 Å². The number of nitrogens with two attached hydrogens (primary N) is 1. The Morgan fingerprint density at radius 1 is 1.19 bits per heavy atom. The van der Waals surface area contributed by atoms with E-state index in [-0.39, 0.29) is 22.9 Å². The molecular weight excluding hydrogens is 200 g/mol. The molecule has 1 saturated heterocycles. The van der Waals surface area contributed by atoms with Gasteiger partial charge in [0.15, 0.2) is 0 Å². The van der Waals surface area contributed by atoms with Gasteiger partial charge in [0.1, 0.15) is 0 Å². The monoisotopic (exact) mass is 226 g/mol. The fourth-order valence-electron chi connectivity index (χ4n) is 2.47. The lowest BCUT2D eigenvalue weighted by molar-refractivity contribution is -0.123. The van der Waals surface area contributed by atoms with Gasteiger partial charge in [-0.15, -0.1) is 0 Å². The summed E-state index contributed by atoms with van der Waals surface area (Å²) in [5.41, 5.74) is 5.77. The van der Waals surface area contributed by atoms with Crippen LogP contribution in [0.15, 0.2) is 0 Å². The first kappa shape index (κ1) is 13.5. The highest BCUT2D eigenvalue weighted by Gasteiger charge is 2.44. The van der Waals surface area contributed by atoms with Crippen LogP contribution >= 0.6 is 0 Å². The van der Waals surface area contributed by atoms with Crippen molar-refractivity contribution >= 4 is 5.91 Å². The van der Waals surface area contributed by atoms with Crippen molar-refractivity contribution in [3.05, 3.63) is 0 Å². The van der Waals surface area contributed by atoms with Gasteiger partial charge in [0.05, 0.1) is 6.04 Å². The van der Waals surface area contributed by atoms with Crippen LogP contribution in [-0.4, -0.2) is 28.9 Å². The average molecular weight is 226 g/mol. The van der Waals surface area contributed by atoms with E-state index in [9.17, 15) is 4.79 Å². The standard InChI is InChI=1S/C13H26N2O/c1-12(2,3)9-7-10(11(14)16)15(8-9)13(4,5)6/h9-10H,7-8H2,1-6H3,(H2,14,16)/t9?,10-/m0/s1. The minimum atomic E-state index is -0.179. The Hall–Kier alpha value is -0.570. The van der Waals surface area contributed by atoms with E-state index in [2.05, 4.69) is 46.4 Å². The molecular formula is C13H26N2O. The maximum absolute atomic E-state index is 11.5. The fraction of sp³-hybridized carbons (Fsp3) is 0.923. The van der Waals surface area contributed by atoms with Crippen LogP contribution in [0.2, 0.25) is 0 Å². The minimum Gasteiger partial charge on any atom is -0.368 e. The molecule has 0 bridgehead atoms. The molecule has 1 unspecified atom stereocenters. The van der Waals surface area contributed by atoms with Crippen molar-refractivity contribution in [1.82, 2.24) is 4.90 Å². The van der Waals surface area contributed by atoms with Crippen LogP contribution in [-0.2, 0) is 4.79 Å². The average Bonchev–Trinajstić information content (AvgIpc) is 2.44. The Balaban J connectivity index is 2.89. The van der Waals surface area contributed by atoms with Crippen LogP contribution in [0.3, 0.4) is 0 Å². The zero-order chi connectivity index (χ0) is 12.7. The van der Waals surface area contributed by atoms with Crippen molar-refractivity contribution in [2.75, 3.05) is 6.54 Å². The number of hydrogen-bond acceptors (Lipinski definition) is 2. The van der Waals surface area contributed by atoms with Crippen molar-refractivity contribution in [2.45, 2.75) is 59.5 Å². The lowest BCUT2D eigenvalue weighted by atomic mass is 9.79. The minimum absolute atomic E-state index is 0.0136. The molecule has 16 heavy (non-hydrogen) atoms. The largest absolute Gasteiger partial charge is 0.368 e. The lowest BCUT2D eigenvalue weighted by Gasteiger charge is -2.36. The number of carbonyl (C=O) groups excluding carboxylic acids is 1. The van der Waals surface area contributed by atoms with E-state index in [1.54, 1.807) is 0 Å². The number of amides is 1. The molecule has 3 nitrogen and oxygen atoms in total. The van der Waals surface area contributed by atoms with Crippen molar-refractivity contribution in [1.29, 1.82) is 0 Å². The number of hydrogen-bond donors (Lipinski definition) is 1. The maximum Gasteiger partial charge on any atom is 0.234 e. The van der Waals surface area contributed by atoms with Crippen LogP contribution in [0.5, 0.6) is 0 Å². The zero-order valence-corrected chi connectivity index (χ0v) is 11.5. The molecule has 1 aliphatic heterocycles. The number of nitrogens with zero attached hydrogens (tertiary/aromatic N) is 1. The van der Waals surface area contributed by atoms with E-state index in [0.717, 1.165) is 13.0 Å². The summed E-state index contributed by atoms with van der Waals surface area (Å²) < 4.78 is 0. The molecule has 0 aromatic heterocycles. The van der Waals surface area contributed by atoms with Gasteiger partial charge in [0.2, 0.25) is 5.91 Å². The molecule has 0 aliphatic carbocycles. The summed E-state index contributed by atoms with van der Waals surface area (Å²) in [5.74, 6) is 0.367. The Bertz CT molecular complexity index is 273. The summed E-state index contributed by atoms with van der Waals surface area (Å²) in [6.45, 7) is 14.1. The Morgan fingerprint density at radius 2 is 1.69 bits per heavy atom. The summed E-state index contributed by atoms with van der Waals surface area (Å²) >= 11 is 0. The van der Waals surface area contributed by atoms with E-state index in [1.807, 2.05) is 0 Å². The van der Waals surface area contributed by atoms with Gasteiger partial charge in [-0.2, -0.15) is 0 Å². The van der Waals surface area contributed by atoms with E-state index >= 15 is 0 Å². The van der Waals surface area contributed by atoms with Crippen LogP contribution in [0.1, 0.15) is 48.0 Å². The predicted molar refractivity (Wildman–Crippen MR) is 67.0 cm³/mol. The quantitative estimate of drug-likeness (QED) is 0.743. The van der Waals surface area contributed by atoms with Gasteiger partial charge in [-0.1, -0.05) is 20.8 Å². The van der Waals surface area contributed by atoms with Crippen molar-refractivity contribution in [2.24, 2.45) is 17.1 Å². The highest BCUT2D eigenvalue weighted by molar-refractivity contribution is 5.80. The predicted octanol–water partition coefficient (Wildman–Crippen LogP) is 2.01. The molecule has 2 atom stereocenters. The second-order valence-electron chi connectivity index (χ2n) is 7.04. The van der Waals surface area contributed by atoms with Gasteiger partial charge in [-0.05, 0) is 38.5 Å². The number of carbonyl (C=O) groups is 1. The van der Waals surface area contributed by atoms with E-state index in [4.69, 9.17) is 5.73 Å². The SMILES string of the molecule is CC(C)(C)C1C[C@@H](C(N)=O)N(C(C)(C)C)C1. The molecule has 0 spiro atoms. The normalized spacial score (nSPS) is 28.4. The number of likely N-dealkylation sites (tertiary alicyclic amines) is 1. The van der Waals surface area contributed by atoms with Gasteiger partial charge in [-0.3, -0.25) is 9.69 Å². The van der Waals surface area contributed by atoms with E-state index in [1.165, 1.54) is 0 Å². The molecule has 1 amide bonds. The van der Waals surface area contributed by atoms with Gasteiger partial charge in [0, 0.05) is 12.1 Å². The maximum atomic E-state index is 11.5. The summed E-state index contributed by atoms with van der Waals surface area (Å²) in [6.07, 6.45) is 0.899. The first-order valence-corrected chi connectivity index (χ1v) is 6.09. The second kappa shape index (κ2) is 4.02. The number of primary amides is 1. The molecule has 1 fully saturated rings. The van der Waals surface area contributed by atoms with Crippen molar-refractivity contribution in [3.63, 3.8) is 0 Å². The van der Waals surface area contributed by atoms with E-state index in [0.29, 0.717) is 5.92 Å². The van der Waals surface area contributed by atoms with Crippen molar-refractivity contribution < 1.29 is 4.79 Å². The Morgan fingerprint density at radius 3 is 1.94 bits per heavy atom. The van der Waals surface area contributed by atoms with Crippen molar-refractivity contribution in [3.8, 4) is 0 Å². The number of rotatable bonds is 1. The molecule has 1 aliphatic rings. The lowest BCUT2D eigenvalue weighted by Crippen LogP contribution is -2.50. The molecule has 1 rings (SSSR count). The van der Waals surface area contributed by atoms with E-state index < -0.39 is 0 Å². The highest BCUT2D eigenvalue weighted by Crippen LogP contribution is 2.39. The smallest absolute Gasteiger partial charge is 0.234 e. The Kier molecular flexibility index (Phi) is 3.39. The Labute approximate surface area is 99.4 Å². The summed E-state index contributed by atoms with van der Waals surface area (Å²) in [7, 11) is 0. The fourth-order valence-corrected chi connectivity index (χ4v) is 2.47. The molecule has 0 radical (unpaired) electrons. The van der Waals surface area contributed by atoms with Gasteiger partial charge in [-0.25, -0.2) is 0 Å². The van der Waals surface area contributed by atoms with Crippen LogP contribution in [0.25, 0.3) is 0 Å². The molecule has 2 N–H and O–H groups in total. The topological polar surface area (TPSA) is 46.3 Å². The molecule has 0 aromatic rings. The molecule has 94 valence electrons. The highest BCUT2D eigenvalue weighted by atomic mass is 16.1. The van der Waals surface area contributed by atoms with Crippen LogP contribution < -0.4 is 5.73 Å². The first-order valence-electron chi connectivity index (χ1n) is 6.09. The molecule has 0 saturated carbocycles. The third-order valence-corrected chi connectivity index (χ3v) is 3.72. The summed E-state index contributed by atoms with van der Waals surface area (Å²) in [4.78, 5) is 13.8. The van der Waals surface area contributed by atoms with Gasteiger partial charge < -0.3 is 5.73 Å². The summed E-state index contributed by atoms with van der Waals surface area (Å²) in [5, 5.41) is 0. The first-order chi connectivity index (χ1) is 7.03. The second-order valence-corrected chi connectivity index (χ2v) is 7.04. The molecule has 1 heterocycles. The zero-order valence-electron chi connectivity index (χ0n) is 11.5. The third-order valence-electron chi connectivity index (χ3n) is 3.72. The third kappa shape index (κ3) is 2.76. The van der Waals surface area contributed by atoms with Gasteiger partial charge >= 0.3 is 0 Å². The summed E-state index contributed by atoms with van der Waals surface area (Å²) in [6, 6.07) is -0.0933. The van der Waals surface area contributed by atoms with Crippen LogP contribution in [0, 0.1) is 11.3 Å². The molecule has 3 heteroatoms. The van der Waals surface area contributed by atoms with Gasteiger partial charge in [0.25, 0.3) is 0 Å². The molecule has 0 aromatic carbocycles.